The number of carbonyl (C=O) groups is 1. The minimum Gasteiger partial charge on any atom is -0.485 e. The van der Waals surface area contributed by atoms with E-state index in [0.29, 0.717) is 13.1 Å². The first-order valence-electron chi connectivity index (χ1n) is 9.94. The average molecular weight is 368 g/mol. The Bertz CT molecular complexity index is 753. The Hall–Kier alpha value is -2.34. The minimum atomic E-state index is -0.0810. The number of fused-ring (bicyclic) bond motifs is 1. The van der Waals surface area contributed by atoms with Crippen LogP contribution in [0.1, 0.15) is 25.5 Å². The quantitative estimate of drug-likeness (QED) is 0.832. The number of hydrogen-bond donors (Lipinski definition) is 0. The second kappa shape index (κ2) is 8.13. The molecule has 0 radical (unpaired) electrons. The molecule has 0 unspecified atom stereocenters. The molecule has 6 nitrogen and oxygen atoms in total. The van der Waals surface area contributed by atoms with Crippen LogP contribution in [0.3, 0.4) is 0 Å². The van der Waals surface area contributed by atoms with Crippen LogP contribution in [0, 0.1) is 5.92 Å². The van der Waals surface area contributed by atoms with Gasteiger partial charge in [0.2, 0.25) is 5.91 Å². The summed E-state index contributed by atoms with van der Waals surface area (Å²) in [5, 5.41) is 0. The molecule has 6 heteroatoms. The summed E-state index contributed by atoms with van der Waals surface area (Å²) in [6.07, 6.45) is 7.37. The van der Waals surface area contributed by atoms with Gasteiger partial charge >= 0.3 is 0 Å². The van der Waals surface area contributed by atoms with Crippen molar-refractivity contribution < 1.29 is 9.53 Å². The fourth-order valence-electron chi connectivity index (χ4n) is 4.16. The van der Waals surface area contributed by atoms with Crippen LogP contribution < -0.4 is 4.74 Å². The number of rotatable bonds is 4. The van der Waals surface area contributed by atoms with Crippen molar-refractivity contribution in [1.29, 1.82) is 0 Å². The highest BCUT2D eigenvalue weighted by Gasteiger charge is 2.32. The Morgan fingerprint density at radius 3 is 2.81 bits per heavy atom. The average Bonchev–Trinajstić information content (AvgIpc) is 3.07. The van der Waals surface area contributed by atoms with E-state index in [1.54, 1.807) is 12.4 Å². The van der Waals surface area contributed by atoms with Crippen molar-refractivity contribution in [2.45, 2.75) is 39.0 Å². The number of hydrogen-bond acceptors (Lipinski definition) is 4. The van der Waals surface area contributed by atoms with Crippen LogP contribution in [0.15, 0.2) is 42.9 Å². The molecule has 2 aromatic heterocycles. The zero-order valence-electron chi connectivity index (χ0n) is 16.0. The second-order valence-electron chi connectivity index (χ2n) is 7.51. The topological polar surface area (TPSA) is 50.6 Å². The predicted octanol–water partition coefficient (Wildman–Crippen LogP) is 2.40. The van der Waals surface area contributed by atoms with Gasteiger partial charge in [-0.2, -0.15) is 0 Å². The molecular weight excluding hydrogens is 340 g/mol. The van der Waals surface area contributed by atoms with Crippen molar-refractivity contribution in [3.05, 3.63) is 48.5 Å². The van der Waals surface area contributed by atoms with Crippen LogP contribution in [0.25, 0.3) is 0 Å². The van der Waals surface area contributed by atoms with Crippen LogP contribution in [0.2, 0.25) is 0 Å². The third kappa shape index (κ3) is 4.16. The van der Waals surface area contributed by atoms with Gasteiger partial charge in [0.1, 0.15) is 11.9 Å². The lowest BCUT2D eigenvalue weighted by Crippen LogP contribution is -2.45. The number of nitrogens with zero attached hydrogens (tertiary/aromatic N) is 4. The Morgan fingerprint density at radius 1 is 1.22 bits per heavy atom. The van der Waals surface area contributed by atoms with E-state index in [1.807, 2.05) is 23.1 Å². The van der Waals surface area contributed by atoms with Crippen molar-refractivity contribution in [3.8, 4) is 5.75 Å². The predicted molar refractivity (Wildman–Crippen MR) is 103 cm³/mol. The molecule has 0 aliphatic carbocycles. The van der Waals surface area contributed by atoms with E-state index in [9.17, 15) is 4.79 Å². The Balaban J connectivity index is 1.49. The van der Waals surface area contributed by atoms with Crippen LogP contribution in [-0.4, -0.2) is 57.5 Å². The van der Waals surface area contributed by atoms with Crippen molar-refractivity contribution in [2.24, 2.45) is 5.92 Å². The van der Waals surface area contributed by atoms with E-state index in [2.05, 4.69) is 33.6 Å². The highest BCUT2D eigenvalue weighted by Crippen LogP contribution is 2.24. The molecule has 27 heavy (non-hydrogen) atoms. The normalized spacial score (nSPS) is 21.5. The van der Waals surface area contributed by atoms with Gasteiger partial charge in [0.25, 0.3) is 0 Å². The van der Waals surface area contributed by atoms with Gasteiger partial charge in [-0.05, 0) is 56.7 Å². The van der Waals surface area contributed by atoms with E-state index < -0.39 is 0 Å². The lowest BCUT2D eigenvalue weighted by atomic mass is 9.95. The van der Waals surface area contributed by atoms with E-state index in [-0.39, 0.29) is 17.9 Å². The van der Waals surface area contributed by atoms with E-state index >= 15 is 0 Å². The molecule has 4 heterocycles. The molecule has 0 bridgehead atoms. The number of ether oxygens (including phenoxy) is 1. The summed E-state index contributed by atoms with van der Waals surface area (Å²) in [6.45, 7) is 7.32. The zero-order chi connectivity index (χ0) is 18.6. The first-order chi connectivity index (χ1) is 13.2. The number of carbonyl (C=O) groups excluding carboxylic acids is 1. The molecule has 2 aliphatic heterocycles. The molecule has 2 aromatic rings. The second-order valence-corrected chi connectivity index (χ2v) is 7.51. The Morgan fingerprint density at radius 2 is 2.07 bits per heavy atom. The number of aromatic nitrogens is 2. The van der Waals surface area contributed by atoms with Gasteiger partial charge in [-0.1, -0.05) is 6.92 Å². The van der Waals surface area contributed by atoms with E-state index in [1.165, 1.54) is 5.69 Å². The fraction of sp³-hybridized carbons (Fsp3) is 0.524. The van der Waals surface area contributed by atoms with Gasteiger partial charge in [-0.25, -0.2) is 0 Å². The number of pyridine rings is 1. The summed E-state index contributed by atoms with van der Waals surface area (Å²) < 4.78 is 8.38. The van der Waals surface area contributed by atoms with Crippen molar-refractivity contribution in [2.75, 3.05) is 26.2 Å². The van der Waals surface area contributed by atoms with Crippen LogP contribution in [0.4, 0.5) is 0 Å². The number of likely N-dealkylation sites (tertiary alicyclic amines) is 1. The van der Waals surface area contributed by atoms with Crippen LogP contribution >= 0.6 is 0 Å². The molecule has 0 N–H and O–H groups in total. The maximum Gasteiger partial charge on any atom is 0.226 e. The molecule has 1 saturated heterocycles. The van der Waals surface area contributed by atoms with Gasteiger partial charge in [0, 0.05) is 24.0 Å². The summed E-state index contributed by atoms with van der Waals surface area (Å²) in [6, 6.07) is 7.94. The first-order valence-corrected chi connectivity index (χ1v) is 9.94. The van der Waals surface area contributed by atoms with Crippen LogP contribution in [0.5, 0.6) is 5.75 Å². The Labute approximate surface area is 160 Å². The van der Waals surface area contributed by atoms with Crippen molar-refractivity contribution in [1.82, 2.24) is 19.4 Å². The van der Waals surface area contributed by atoms with Gasteiger partial charge in [0.15, 0.2) is 0 Å². The third-order valence-corrected chi connectivity index (χ3v) is 5.73. The maximum atomic E-state index is 13.3. The molecule has 0 aromatic carbocycles. The molecular formula is C21H28N4O2. The Kier molecular flexibility index (Phi) is 5.43. The number of piperidine rings is 1. The molecule has 0 spiro atoms. The van der Waals surface area contributed by atoms with E-state index in [0.717, 1.165) is 44.8 Å². The third-order valence-electron chi connectivity index (χ3n) is 5.73. The fourth-order valence-corrected chi connectivity index (χ4v) is 4.16. The zero-order valence-corrected chi connectivity index (χ0v) is 16.0. The molecule has 0 saturated carbocycles. The SMILES string of the molecule is CCN1CCC(C(=O)N2Cc3cccn3C[C@H](Oc3cccnc3)C2)CC1. The van der Waals surface area contributed by atoms with Gasteiger partial charge < -0.3 is 19.1 Å². The highest BCUT2D eigenvalue weighted by molar-refractivity contribution is 5.79. The summed E-state index contributed by atoms with van der Waals surface area (Å²) in [5.41, 5.74) is 1.17. The van der Waals surface area contributed by atoms with Gasteiger partial charge in [-0.3, -0.25) is 9.78 Å². The highest BCUT2D eigenvalue weighted by atomic mass is 16.5. The number of amides is 1. The summed E-state index contributed by atoms with van der Waals surface area (Å²) in [5.74, 6) is 1.16. The lowest BCUT2D eigenvalue weighted by molar-refractivity contribution is -0.138. The molecule has 4 rings (SSSR count). The standard InChI is InChI=1S/C21H28N4O2/c1-2-23-11-7-17(8-12-23)21(26)25-14-18-5-4-10-24(18)15-20(16-25)27-19-6-3-9-22-13-19/h3-6,9-10,13,17,20H,2,7-8,11-12,14-16H2,1H3/t20-/m0/s1. The van der Waals surface area contributed by atoms with Crippen molar-refractivity contribution in [3.63, 3.8) is 0 Å². The smallest absolute Gasteiger partial charge is 0.226 e. The van der Waals surface area contributed by atoms with Gasteiger partial charge in [-0.15, -0.1) is 0 Å². The largest absolute Gasteiger partial charge is 0.485 e. The maximum absolute atomic E-state index is 13.3. The molecule has 1 atom stereocenters. The summed E-state index contributed by atoms with van der Waals surface area (Å²) in [4.78, 5) is 21.8. The lowest BCUT2D eigenvalue weighted by Gasteiger charge is -2.34. The molecule has 1 fully saturated rings. The first kappa shape index (κ1) is 18.0. The van der Waals surface area contributed by atoms with Crippen LogP contribution in [-0.2, 0) is 17.9 Å². The summed E-state index contributed by atoms with van der Waals surface area (Å²) in [7, 11) is 0. The monoisotopic (exact) mass is 368 g/mol. The minimum absolute atomic E-state index is 0.0810. The molecule has 1 amide bonds. The molecule has 2 aliphatic rings. The van der Waals surface area contributed by atoms with E-state index in [4.69, 9.17) is 4.74 Å². The summed E-state index contributed by atoms with van der Waals surface area (Å²) >= 11 is 0. The van der Waals surface area contributed by atoms with Crippen molar-refractivity contribution >= 4 is 5.91 Å². The molecule has 144 valence electrons. The van der Waals surface area contributed by atoms with Gasteiger partial charge in [0.05, 0.1) is 25.8 Å².